The van der Waals surface area contributed by atoms with Gasteiger partial charge in [-0.1, -0.05) is 29.3 Å². The van der Waals surface area contributed by atoms with Gasteiger partial charge in [-0.2, -0.15) is 0 Å². The molecule has 0 saturated carbocycles. The summed E-state index contributed by atoms with van der Waals surface area (Å²) in [5, 5.41) is 4.40. The van der Waals surface area contributed by atoms with Crippen LogP contribution in [0.2, 0.25) is 10.0 Å². The molecule has 7 heteroatoms. The van der Waals surface area contributed by atoms with Crippen molar-refractivity contribution in [1.82, 2.24) is 14.9 Å². The molecule has 27 heavy (non-hydrogen) atoms. The van der Waals surface area contributed by atoms with Gasteiger partial charge in [0, 0.05) is 41.6 Å². The van der Waals surface area contributed by atoms with Crippen LogP contribution in [0, 0.1) is 5.82 Å². The minimum Gasteiger partial charge on any atom is -0.489 e. The van der Waals surface area contributed by atoms with Crippen molar-refractivity contribution < 1.29 is 9.13 Å². The average Bonchev–Trinajstić information content (AvgIpc) is 3.15. The zero-order valence-corrected chi connectivity index (χ0v) is 16.2. The monoisotopic (exact) mass is 407 g/mol. The molecule has 3 rings (SSSR count). The Labute approximate surface area is 167 Å². The van der Waals surface area contributed by atoms with Gasteiger partial charge < -0.3 is 14.6 Å². The molecule has 0 aliphatic carbocycles. The van der Waals surface area contributed by atoms with Crippen LogP contribution in [0.25, 0.3) is 0 Å². The highest BCUT2D eigenvalue weighted by Gasteiger charge is 2.08. The van der Waals surface area contributed by atoms with Crippen LogP contribution in [-0.2, 0) is 19.7 Å². The number of benzene rings is 2. The molecular formula is C20H20Cl2FN3O. The number of aryl methyl sites for hydroxylation is 1. The number of hydrogen-bond donors (Lipinski definition) is 1. The average molecular weight is 408 g/mol. The van der Waals surface area contributed by atoms with E-state index in [0.717, 1.165) is 36.4 Å². The maximum atomic E-state index is 13.2. The molecule has 0 aliphatic rings. The summed E-state index contributed by atoms with van der Waals surface area (Å²) in [6.07, 6.45) is 6.52. The molecule has 0 atom stereocenters. The Morgan fingerprint density at radius 3 is 2.78 bits per heavy atom. The quantitative estimate of drug-likeness (QED) is 0.502. The van der Waals surface area contributed by atoms with Crippen LogP contribution in [-0.4, -0.2) is 16.1 Å². The Hall–Kier alpha value is -2.08. The lowest BCUT2D eigenvalue weighted by molar-refractivity contribution is 0.302. The molecule has 0 saturated heterocycles. The summed E-state index contributed by atoms with van der Waals surface area (Å²) in [6, 6.07) is 9.78. The lowest BCUT2D eigenvalue weighted by atomic mass is 10.2. The first-order chi connectivity index (χ1) is 13.1. The van der Waals surface area contributed by atoms with Crippen LogP contribution in [0.3, 0.4) is 0 Å². The second kappa shape index (κ2) is 9.74. The fraction of sp³-hybridized carbons (Fsp3) is 0.250. The summed E-state index contributed by atoms with van der Waals surface area (Å²) >= 11 is 12.2. The molecule has 0 amide bonds. The molecule has 0 spiro atoms. The van der Waals surface area contributed by atoms with Crippen molar-refractivity contribution in [1.29, 1.82) is 0 Å². The largest absolute Gasteiger partial charge is 0.489 e. The molecule has 4 nitrogen and oxygen atoms in total. The molecule has 1 N–H and O–H groups in total. The van der Waals surface area contributed by atoms with E-state index in [1.165, 1.54) is 12.1 Å². The van der Waals surface area contributed by atoms with Gasteiger partial charge in [-0.25, -0.2) is 9.37 Å². The fourth-order valence-electron chi connectivity index (χ4n) is 2.65. The minimum absolute atomic E-state index is 0.258. The maximum absolute atomic E-state index is 13.2. The van der Waals surface area contributed by atoms with Gasteiger partial charge in [0.25, 0.3) is 0 Å². The Morgan fingerprint density at radius 2 is 2.00 bits per heavy atom. The Balaban J connectivity index is 1.54. The van der Waals surface area contributed by atoms with Crippen LogP contribution in [0.4, 0.5) is 4.39 Å². The SMILES string of the molecule is Fc1ccc(COc2ccc(Cl)cc2CNCCCn2ccnc2)c(Cl)c1. The summed E-state index contributed by atoms with van der Waals surface area (Å²) < 4.78 is 21.1. The molecule has 142 valence electrons. The second-order valence-electron chi connectivity index (χ2n) is 6.11. The van der Waals surface area contributed by atoms with Gasteiger partial charge in [0.15, 0.2) is 0 Å². The first-order valence-corrected chi connectivity index (χ1v) is 9.39. The van der Waals surface area contributed by atoms with E-state index in [1.807, 2.05) is 29.2 Å². The minimum atomic E-state index is -0.365. The normalized spacial score (nSPS) is 10.9. The van der Waals surface area contributed by atoms with Crippen molar-refractivity contribution in [3.05, 3.63) is 82.1 Å². The second-order valence-corrected chi connectivity index (χ2v) is 6.95. The first kappa shape index (κ1) is 19.7. The molecule has 0 aliphatic heterocycles. The standard InChI is InChI=1S/C20H20Cl2FN3O/c21-17-3-5-20(27-13-15-2-4-18(23)11-19(15)22)16(10-17)12-24-6-1-8-26-9-7-25-14-26/h2-5,7,9-11,14,24H,1,6,8,12-13H2. The number of nitrogens with one attached hydrogen (secondary N) is 1. The summed E-state index contributed by atoms with van der Waals surface area (Å²) in [4.78, 5) is 4.03. The van der Waals surface area contributed by atoms with Crippen molar-refractivity contribution in [2.24, 2.45) is 0 Å². The van der Waals surface area contributed by atoms with E-state index in [1.54, 1.807) is 18.3 Å². The lowest BCUT2D eigenvalue weighted by Gasteiger charge is -2.14. The number of hydrogen-bond acceptors (Lipinski definition) is 3. The smallest absolute Gasteiger partial charge is 0.124 e. The lowest BCUT2D eigenvalue weighted by Crippen LogP contribution is -2.17. The van der Waals surface area contributed by atoms with Gasteiger partial charge in [0.05, 0.1) is 11.3 Å². The third-order valence-corrected chi connectivity index (χ3v) is 4.65. The summed E-state index contributed by atoms with van der Waals surface area (Å²) in [6.45, 7) is 2.66. The number of halogens is 3. The predicted molar refractivity (Wildman–Crippen MR) is 106 cm³/mol. The molecular weight excluding hydrogens is 388 g/mol. The Morgan fingerprint density at radius 1 is 1.11 bits per heavy atom. The zero-order valence-electron chi connectivity index (χ0n) is 14.7. The Bertz CT molecular complexity index is 872. The third-order valence-electron chi connectivity index (χ3n) is 4.07. The molecule has 0 radical (unpaired) electrons. The van der Waals surface area contributed by atoms with Crippen molar-refractivity contribution in [2.75, 3.05) is 6.54 Å². The van der Waals surface area contributed by atoms with Gasteiger partial charge in [-0.15, -0.1) is 0 Å². The predicted octanol–water partition coefficient (Wildman–Crippen LogP) is 5.09. The molecule has 1 heterocycles. The molecule has 2 aromatic carbocycles. The highest BCUT2D eigenvalue weighted by Crippen LogP contribution is 2.25. The van der Waals surface area contributed by atoms with Crippen molar-refractivity contribution >= 4 is 23.2 Å². The molecule has 1 aromatic heterocycles. The zero-order chi connectivity index (χ0) is 19.1. The molecule has 0 fully saturated rings. The maximum Gasteiger partial charge on any atom is 0.124 e. The van der Waals surface area contributed by atoms with E-state index >= 15 is 0 Å². The fourth-order valence-corrected chi connectivity index (χ4v) is 3.07. The van der Waals surface area contributed by atoms with Gasteiger partial charge in [-0.3, -0.25) is 0 Å². The van der Waals surface area contributed by atoms with Crippen LogP contribution < -0.4 is 10.1 Å². The van der Waals surface area contributed by atoms with Crippen molar-refractivity contribution in [2.45, 2.75) is 26.1 Å². The van der Waals surface area contributed by atoms with E-state index in [2.05, 4.69) is 10.3 Å². The molecule has 3 aromatic rings. The summed E-state index contributed by atoms with van der Waals surface area (Å²) in [5.74, 6) is 0.359. The van der Waals surface area contributed by atoms with Crippen LogP contribution in [0.15, 0.2) is 55.1 Å². The van der Waals surface area contributed by atoms with E-state index in [9.17, 15) is 4.39 Å². The number of aromatic nitrogens is 2. The van der Waals surface area contributed by atoms with Crippen LogP contribution in [0.5, 0.6) is 5.75 Å². The topological polar surface area (TPSA) is 39.1 Å². The van der Waals surface area contributed by atoms with Gasteiger partial charge in [0.2, 0.25) is 0 Å². The van der Waals surface area contributed by atoms with E-state index in [-0.39, 0.29) is 12.4 Å². The summed E-state index contributed by atoms with van der Waals surface area (Å²) in [7, 11) is 0. The number of imidazole rings is 1. The number of nitrogens with zero attached hydrogens (tertiary/aromatic N) is 2. The Kier molecular flexibility index (Phi) is 7.10. The van der Waals surface area contributed by atoms with E-state index in [0.29, 0.717) is 16.6 Å². The third kappa shape index (κ3) is 5.96. The van der Waals surface area contributed by atoms with E-state index < -0.39 is 0 Å². The molecule has 0 bridgehead atoms. The first-order valence-electron chi connectivity index (χ1n) is 8.63. The highest BCUT2D eigenvalue weighted by molar-refractivity contribution is 6.31. The van der Waals surface area contributed by atoms with Gasteiger partial charge in [-0.05, 0) is 43.3 Å². The van der Waals surface area contributed by atoms with Crippen molar-refractivity contribution in [3.63, 3.8) is 0 Å². The van der Waals surface area contributed by atoms with E-state index in [4.69, 9.17) is 27.9 Å². The number of ether oxygens (including phenoxy) is 1. The van der Waals surface area contributed by atoms with Gasteiger partial charge >= 0.3 is 0 Å². The highest BCUT2D eigenvalue weighted by atomic mass is 35.5. The summed E-state index contributed by atoms with van der Waals surface area (Å²) in [5.41, 5.74) is 1.69. The van der Waals surface area contributed by atoms with Crippen LogP contribution >= 0.6 is 23.2 Å². The van der Waals surface area contributed by atoms with Crippen LogP contribution in [0.1, 0.15) is 17.5 Å². The molecule has 0 unspecified atom stereocenters. The van der Waals surface area contributed by atoms with Crippen molar-refractivity contribution in [3.8, 4) is 5.75 Å². The van der Waals surface area contributed by atoms with Gasteiger partial charge in [0.1, 0.15) is 18.2 Å². The number of rotatable bonds is 9.